The molecule has 0 atom stereocenters. The zero-order valence-corrected chi connectivity index (χ0v) is 21.2. The predicted octanol–water partition coefficient (Wildman–Crippen LogP) is 4.92. The van der Waals surface area contributed by atoms with Gasteiger partial charge in [0.1, 0.15) is 23.5 Å². The lowest BCUT2D eigenvalue weighted by Crippen LogP contribution is -2.46. The maximum absolute atomic E-state index is 14.2. The van der Waals surface area contributed by atoms with Crippen molar-refractivity contribution in [1.82, 2.24) is 14.7 Å². The Morgan fingerprint density at radius 3 is 2.24 bits per heavy atom. The third kappa shape index (κ3) is 6.48. The molecule has 8 nitrogen and oxygen atoms in total. The number of halogens is 1. The Hall–Kier alpha value is -3.10. The summed E-state index contributed by atoms with van der Waals surface area (Å²) in [5.41, 5.74) is 0.563. The molecule has 0 bridgehead atoms. The number of likely N-dealkylation sites (tertiary alicyclic amines) is 1. The first-order valence-corrected chi connectivity index (χ1v) is 11.6. The van der Waals surface area contributed by atoms with Crippen molar-refractivity contribution in [2.75, 3.05) is 23.7 Å². The number of piperidine rings is 1. The van der Waals surface area contributed by atoms with E-state index in [-0.39, 0.29) is 23.1 Å². The van der Waals surface area contributed by atoms with Gasteiger partial charge in [0.15, 0.2) is 0 Å². The van der Waals surface area contributed by atoms with Crippen molar-refractivity contribution in [3.05, 3.63) is 35.8 Å². The average Bonchev–Trinajstić information content (AvgIpc) is 3.07. The van der Waals surface area contributed by atoms with Crippen LogP contribution in [0, 0.1) is 11.2 Å². The van der Waals surface area contributed by atoms with Gasteiger partial charge in [-0.2, -0.15) is 5.10 Å². The third-order valence-electron chi connectivity index (χ3n) is 5.69. The minimum Gasteiger partial charge on any atom is -0.490 e. The molecule has 0 spiro atoms. The van der Waals surface area contributed by atoms with Crippen molar-refractivity contribution < 1.29 is 18.7 Å². The molecular weight excluding hydrogens is 437 g/mol. The van der Waals surface area contributed by atoms with Gasteiger partial charge in [-0.15, -0.1) is 0 Å². The second-order valence-electron chi connectivity index (χ2n) is 10.9. The van der Waals surface area contributed by atoms with E-state index < -0.39 is 17.3 Å². The Morgan fingerprint density at radius 1 is 1.03 bits per heavy atom. The SMILES string of the molecule is Cn1nc(C(C)(C)C)cc1NC(=O)Nc1cc(F)cc(OC2CCN(C(=O)C(C)(C)C)CC2)c1. The van der Waals surface area contributed by atoms with Gasteiger partial charge in [0, 0.05) is 67.7 Å². The number of aryl methyl sites for hydroxylation is 1. The highest BCUT2D eigenvalue weighted by atomic mass is 19.1. The molecule has 0 unspecified atom stereocenters. The molecule has 2 heterocycles. The third-order valence-corrected chi connectivity index (χ3v) is 5.69. The second-order valence-corrected chi connectivity index (χ2v) is 10.9. The molecule has 3 amide bonds. The van der Waals surface area contributed by atoms with Gasteiger partial charge in [0.05, 0.1) is 5.69 Å². The first kappa shape index (κ1) is 25.5. The summed E-state index contributed by atoms with van der Waals surface area (Å²) in [6.07, 6.45) is 1.20. The summed E-state index contributed by atoms with van der Waals surface area (Å²) in [4.78, 5) is 26.8. The summed E-state index contributed by atoms with van der Waals surface area (Å²) in [6.45, 7) is 13.1. The van der Waals surface area contributed by atoms with Crippen molar-refractivity contribution in [2.45, 2.75) is 65.9 Å². The van der Waals surface area contributed by atoms with Crippen LogP contribution < -0.4 is 15.4 Å². The predicted molar refractivity (Wildman–Crippen MR) is 131 cm³/mol. The summed E-state index contributed by atoms with van der Waals surface area (Å²) in [6, 6.07) is 5.44. The van der Waals surface area contributed by atoms with Crippen LogP contribution >= 0.6 is 0 Å². The van der Waals surface area contributed by atoms with E-state index in [9.17, 15) is 14.0 Å². The summed E-state index contributed by atoms with van der Waals surface area (Å²) < 4.78 is 21.8. The fourth-order valence-corrected chi connectivity index (χ4v) is 3.78. The molecule has 34 heavy (non-hydrogen) atoms. The normalized spacial score (nSPS) is 15.2. The van der Waals surface area contributed by atoms with E-state index in [0.717, 1.165) is 5.69 Å². The van der Waals surface area contributed by atoms with E-state index >= 15 is 0 Å². The number of aromatic nitrogens is 2. The summed E-state index contributed by atoms with van der Waals surface area (Å²) >= 11 is 0. The van der Waals surface area contributed by atoms with Crippen LogP contribution in [-0.2, 0) is 17.3 Å². The molecule has 0 radical (unpaired) electrons. The van der Waals surface area contributed by atoms with Gasteiger partial charge in [-0.3, -0.25) is 14.8 Å². The van der Waals surface area contributed by atoms with Crippen molar-refractivity contribution in [1.29, 1.82) is 0 Å². The zero-order chi connectivity index (χ0) is 25.3. The van der Waals surface area contributed by atoms with Gasteiger partial charge >= 0.3 is 6.03 Å². The van der Waals surface area contributed by atoms with E-state index in [1.54, 1.807) is 17.8 Å². The maximum Gasteiger partial charge on any atom is 0.324 e. The number of benzene rings is 1. The Balaban J connectivity index is 1.60. The second kappa shape index (κ2) is 9.64. The van der Waals surface area contributed by atoms with E-state index in [1.165, 1.54) is 12.1 Å². The molecule has 1 fully saturated rings. The fraction of sp³-hybridized carbons (Fsp3) is 0.560. The Labute approximate surface area is 200 Å². The van der Waals surface area contributed by atoms with Gasteiger partial charge in [0.25, 0.3) is 0 Å². The molecule has 1 saturated heterocycles. The molecule has 1 aromatic heterocycles. The van der Waals surface area contributed by atoms with Gasteiger partial charge in [-0.25, -0.2) is 9.18 Å². The minimum atomic E-state index is -0.510. The number of nitrogens with one attached hydrogen (secondary N) is 2. The largest absolute Gasteiger partial charge is 0.490 e. The Bertz CT molecular complexity index is 1040. The van der Waals surface area contributed by atoms with E-state index in [4.69, 9.17) is 4.74 Å². The highest BCUT2D eigenvalue weighted by molar-refractivity contribution is 5.99. The highest BCUT2D eigenvalue weighted by Crippen LogP contribution is 2.27. The molecule has 186 valence electrons. The molecule has 2 aromatic rings. The number of nitrogens with zero attached hydrogens (tertiary/aromatic N) is 3. The number of carbonyl (C=O) groups is 2. The average molecular weight is 474 g/mol. The highest BCUT2D eigenvalue weighted by Gasteiger charge is 2.31. The number of hydrogen-bond donors (Lipinski definition) is 2. The molecule has 0 saturated carbocycles. The first-order valence-electron chi connectivity index (χ1n) is 11.6. The maximum atomic E-state index is 14.2. The van der Waals surface area contributed by atoms with Crippen LogP contribution in [0.5, 0.6) is 5.75 Å². The Kier molecular flexibility index (Phi) is 7.24. The number of ether oxygens (including phenoxy) is 1. The fourth-order valence-electron chi connectivity index (χ4n) is 3.78. The van der Waals surface area contributed by atoms with E-state index in [2.05, 4.69) is 15.7 Å². The summed E-state index contributed by atoms with van der Waals surface area (Å²) in [5.74, 6) is 0.485. The lowest BCUT2D eigenvalue weighted by Gasteiger charge is -2.35. The van der Waals surface area contributed by atoms with Crippen LogP contribution in [0.25, 0.3) is 0 Å². The molecule has 0 aliphatic carbocycles. The zero-order valence-electron chi connectivity index (χ0n) is 21.2. The van der Waals surface area contributed by atoms with Gasteiger partial charge in [-0.05, 0) is 6.07 Å². The van der Waals surface area contributed by atoms with Crippen LogP contribution in [0.3, 0.4) is 0 Å². The minimum absolute atomic E-state index is 0.122. The van der Waals surface area contributed by atoms with Gasteiger partial charge in [-0.1, -0.05) is 41.5 Å². The van der Waals surface area contributed by atoms with Crippen LogP contribution in [0.1, 0.15) is 60.1 Å². The molecule has 2 N–H and O–H groups in total. The van der Waals surface area contributed by atoms with Crippen molar-refractivity contribution in [3.63, 3.8) is 0 Å². The number of anilines is 2. The number of amides is 3. The smallest absolute Gasteiger partial charge is 0.324 e. The number of hydrogen-bond acceptors (Lipinski definition) is 4. The quantitative estimate of drug-likeness (QED) is 0.660. The summed E-state index contributed by atoms with van der Waals surface area (Å²) in [7, 11) is 1.75. The van der Waals surface area contributed by atoms with Crippen molar-refractivity contribution in [2.24, 2.45) is 12.5 Å². The van der Waals surface area contributed by atoms with Crippen LogP contribution in [0.2, 0.25) is 0 Å². The lowest BCUT2D eigenvalue weighted by molar-refractivity contribution is -0.141. The van der Waals surface area contributed by atoms with Crippen LogP contribution in [-0.4, -0.2) is 45.8 Å². The molecule has 3 rings (SSSR count). The van der Waals surface area contributed by atoms with Crippen molar-refractivity contribution >= 4 is 23.4 Å². The molecular formula is C25H36FN5O3. The van der Waals surface area contributed by atoms with E-state index in [0.29, 0.717) is 37.5 Å². The number of carbonyl (C=O) groups excluding carboxylic acids is 2. The first-order chi connectivity index (χ1) is 15.7. The molecule has 1 aromatic carbocycles. The molecule has 1 aliphatic rings. The molecule has 1 aliphatic heterocycles. The van der Waals surface area contributed by atoms with Crippen LogP contribution in [0.15, 0.2) is 24.3 Å². The topological polar surface area (TPSA) is 88.5 Å². The summed E-state index contributed by atoms with van der Waals surface area (Å²) in [5, 5.41) is 9.84. The van der Waals surface area contributed by atoms with Gasteiger partial charge in [0.2, 0.25) is 5.91 Å². The van der Waals surface area contributed by atoms with Crippen molar-refractivity contribution in [3.8, 4) is 5.75 Å². The van der Waals surface area contributed by atoms with E-state index in [1.807, 2.05) is 52.5 Å². The lowest BCUT2D eigenvalue weighted by atomic mass is 9.92. The van der Waals surface area contributed by atoms with Gasteiger partial charge < -0.3 is 15.0 Å². The Morgan fingerprint density at radius 2 is 1.68 bits per heavy atom. The molecule has 9 heteroatoms. The standard InChI is InChI=1S/C25H36FN5O3/c1-24(2,3)20-15-21(30(7)29-20)28-23(33)27-17-12-16(26)13-19(14-17)34-18-8-10-31(11-9-18)22(32)25(4,5)6/h12-15,18H,8-11H2,1-7H3,(H2,27,28,33). The monoisotopic (exact) mass is 473 g/mol. The number of urea groups is 1. The number of rotatable bonds is 4. The van der Waals surface area contributed by atoms with Crippen LogP contribution in [0.4, 0.5) is 20.7 Å².